The molecular formula is C22H27ClN4O2. The number of carbonyl (C=O) groups excluding carboxylic acids is 1. The molecule has 0 saturated carbocycles. The summed E-state index contributed by atoms with van der Waals surface area (Å²) in [6, 6.07) is 15.0. The largest absolute Gasteiger partial charge is 0.486 e. The summed E-state index contributed by atoms with van der Waals surface area (Å²) in [4.78, 5) is 19.5. The molecule has 7 heteroatoms. The number of halogens is 1. The lowest BCUT2D eigenvalue weighted by molar-refractivity contribution is -0.121. The number of para-hydroxylation sites is 2. The van der Waals surface area contributed by atoms with Crippen molar-refractivity contribution in [2.75, 3.05) is 26.2 Å². The molecule has 1 N–H and O–H groups in total. The van der Waals surface area contributed by atoms with Crippen LogP contribution in [0.3, 0.4) is 0 Å². The van der Waals surface area contributed by atoms with Crippen LogP contribution in [0.5, 0.6) is 5.75 Å². The second-order valence-electron chi connectivity index (χ2n) is 6.72. The molecular weight excluding hydrogens is 388 g/mol. The van der Waals surface area contributed by atoms with E-state index >= 15 is 0 Å². The Morgan fingerprint density at radius 1 is 1.14 bits per heavy atom. The first kappa shape index (κ1) is 21.1. The first-order chi connectivity index (χ1) is 14.1. The van der Waals surface area contributed by atoms with E-state index in [0.717, 1.165) is 30.7 Å². The quantitative estimate of drug-likeness (QED) is 0.549. The second kappa shape index (κ2) is 10.3. The number of imidazole rings is 1. The average Bonchev–Trinajstić information content (AvgIpc) is 3.08. The maximum atomic E-state index is 12.5. The number of fused-ring (bicyclic) bond motifs is 1. The minimum absolute atomic E-state index is 0.0342. The van der Waals surface area contributed by atoms with E-state index in [-0.39, 0.29) is 19.1 Å². The van der Waals surface area contributed by atoms with Crippen LogP contribution in [0.25, 0.3) is 11.0 Å². The highest BCUT2D eigenvalue weighted by atomic mass is 35.5. The van der Waals surface area contributed by atoms with Gasteiger partial charge < -0.3 is 19.5 Å². The number of amides is 1. The van der Waals surface area contributed by atoms with Gasteiger partial charge in [-0.15, -0.1) is 0 Å². The standard InChI is InChI=1S/C22H27ClN4O2/c1-3-26(4-2)14-13-24-22(28)15-27-20-8-6-5-7-19(20)25-21(27)16-29-18-11-9-17(23)10-12-18/h5-12H,3-4,13-16H2,1-2H3,(H,24,28). The van der Waals surface area contributed by atoms with Gasteiger partial charge in [0, 0.05) is 18.1 Å². The lowest BCUT2D eigenvalue weighted by atomic mass is 10.3. The van der Waals surface area contributed by atoms with Crippen molar-refractivity contribution < 1.29 is 9.53 Å². The number of likely N-dealkylation sites (N-methyl/N-ethyl adjacent to an activating group) is 1. The predicted molar refractivity (Wildman–Crippen MR) is 116 cm³/mol. The Kier molecular flexibility index (Phi) is 7.49. The maximum Gasteiger partial charge on any atom is 0.240 e. The highest BCUT2D eigenvalue weighted by molar-refractivity contribution is 6.30. The van der Waals surface area contributed by atoms with Crippen LogP contribution in [0.2, 0.25) is 5.02 Å². The van der Waals surface area contributed by atoms with Gasteiger partial charge in [-0.3, -0.25) is 4.79 Å². The molecule has 0 fully saturated rings. The van der Waals surface area contributed by atoms with E-state index in [2.05, 4.69) is 29.0 Å². The number of benzene rings is 2. The highest BCUT2D eigenvalue weighted by Gasteiger charge is 2.14. The van der Waals surface area contributed by atoms with Crippen molar-refractivity contribution in [3.05, 3.63) is 59.4 Å². The molecule has 0 bridgehead atoms. The normalized spacial score (nSPS) is 11.2. The fourth-order valence-electron chi connectivity index (χ4n) is 3.18. The molecule has 1 aromatic heterocycles. The van der Waals surface area contributed by atoms with Gasteiger partial charge in [-0.05, 0) is 49.5 Å². The number of nitrogens with one attached hydrogen (secondary N) is 1. The van der Waals surface area contributed by atoms with Gasteiger partial charge >= 0.3 is 0 Å². The van der Waals surface area contributed by atoms with E-state index in [1.807, 2.05) is 41.0 Å². The zero-order valence-electron chi connectivity index (χ0n) is 16.9. The molecule has 1 amide bonds. The van der Waals surface area contributed by atoms with Gasteiger partial charge in [0.15, 0.2) is 0 Å². The lowest BCUT2D eigenvalue weighted by Gasteiger charge is -2.18. The number of nitrogens with zero attached hydrogens (tertiary/aromatic N) is 3. The van der Waals surface area contributed by atoms with Crippen LogP contribution in [0.1, 0.15) is 19.7 Å². The van der Waals surface area contributed by atoms with E-state index < -0.39 is 0 Å². The smallest absolute Gasteiger partial charge is 0.240 e. The molecule has 2 aromatic carbocycles. The number of carbonyl (C=O) groups is 1. The molecule has 0 radical (unpaired) electrons. The van der Waals surface area contributed by atoms with Crippen molar-refractivity contribution >= 4 is 28.5 Å². The minimum atomic E-state index is -0.0342. The molecule has 3 rings (SSSR count). The molecule has 29 heavy (non-hydrogen) atoms. The average molecular weight is 415 g/mol. The van der Waals surface area contributed by atoms with Gasteiger partial charge in [0.05, 0.1) is 11.0 Å². The van der Waals surface area contributed by atoms with Crippen LogP contribution in [-0.2, 0) is 17.9 Å². The van der Waals surface area contributed by atoms with Gasteiger partial charge in [0.1, 0.15) is 24.7 Å². The van der Waals surface area contributed by atoms with Crippen molar-refractivity contribution in [3.63, 3.8) is 0 Å². The number of rotatable bonds is 10. The van der Waals surface area contributed by atoms with E-state index in [4.69, 9.17) is 16.3 Å². The molecule has 154 valence electrons. The van der Waals surface area contributed by atoms with E-state index in [0.29, 0.717) is 23.1 Å². The summed E-state index contributed by atoms with van der Waals surface area (Å²) in [5.41, 5.74) is 1.76. The molecule has 0 aliphatic rings. The van der Waals surface area contributed by atoms with Crippen molar-refractivity contribution in [3.8, 4) is 5.75 Å². The van der Waals surface area contributed by atoms with Crippen molar-refractivity contribution in [2.45, 2.75) is 27.0 Å². The summed E-state index contributed by atoms with van der Waals surface area (Å²) < 4.78 is 7.77. The molecule has 0 saturated heterocycles. The lowest BCUT2D eigenvalue weighted by Crippen LogP contribution is -2.36. The third-order valence-electron chi connectivity index (χ3n) is 4.86. The molecule has 0 spiro atoms. The fourth-order valence-corrected chi connectivity index (χ4v) is 3.31. The van der Waals surface area contributed by atoms with Crippen LogP contribution in [0.15, 0.2) is 48.5 Å². The van der Waals surface area contributed by atoms with Gasteiger partial charge in [0.25, 0.3) is 0 Å². The third-order valence-corrected chi connectivity index (χ3v) is 5.11. The Morgan fingerprint density at radius 2 is 1.86 bits per heavy atom. The molecule has 3 aromatic rings. The first-order valence-corrected chi connectivity index (χ1v) is 10.3. The van der Waals surface area contributed by atoms with Gasteiger partial charge in [-0.1, -0.05) is 37.6 Å². The zero-order valence-corrected chi connectivity index (χ0v) is 17.7. The van der Waals surface area contributed by atoms with E-state index in [1.165, 1.54) is 0 Å². The Hall–Kier alpha value is -2.57. The maximum absolute atomic E-state index is 12.5. The van der Waals surface area contributed by atoms with Crippen LogP contribution < -0.4 is 10.1 Å². The predicted octanol–water partition coefficient (Wildman–Crippen LogP) is 3.73. The summed E-state index contributed by atoms with van der Waals surface area (Å²) in [7, 11) is 0. The zero-order chi connectivity index (χ0) is 20.6. The van der Waals surface area contributed by atoms with Gasteiger partial charge in [-0.25, -0.2) is 4.98 Å². The SMILES string of the molecule is CCN(CC)CCNC(=O)Cn1c(COc2ccc(Cl)cc2)nc2ccccc21. The molecule has 0 atom stereocenters. The third kappa shape index (κ3) is 5.71. The number of hydrogen-bond donors (Lipinski definition) is 1. The van der Waals surface area contributed by atoms with Crippen molar-refractivity contribution in [2.24, 2.45) is 0 Å². The van der Waals surface area contributed by atoms with E-state index in [9.17, 15) is 4.79 Å². The van der Waals surface area contributed by atoms with Crippen molar-refractivity contribution in [1.82, 2.24) is 19.8 Å². The molecule has 6 nitrogen and oxygen atoms in total. The fraction of sp³-hybridized carbons (Fsp3) is 0.364. The summed E-state index contributed by atoms with van der Waals surface area (Å²) in [5.74, 6) is 1.38. The van der Waals surface area contributed by atoms with Crippen molar-refractivity contribution in [1.29, 1.82) is 0 Å². The molecule has 0 aliphatic carbocycles. The van der Waals surface area contributed by atoms with Crippen LogP contribution >= 0.6 is 11.6 Å². The summed E-state index contributed by atoms with van der Waals surface area (Å²) >= 11 is 5.92. The first-order valence-electron chi connectivity index (χ1n) is 9.92. The van der Waals surface area contributed by atoms with E-state index in [1.54, 1.807) is 12.1 Å². The van der Waals surface area contributed by atoms with Gasteiger partial charge in [0.2, 0.25) is 5.91 Å². The Balaban J connectivity index is 1.69. The van der Waals surface area contributed by atoms with Crippen LogP contribution in [-0.4, -0.2) is 46.5 Å². The molecule has 1 heterocycles. The number of aromatic nitrogens is 2. The number of hydrogen-bond acceptors (Lipinski definition) is 4. The second-order valence-corrected chi connectivity index (χ2v) is 7.16. The summed E-state index contributed by atoms with van der Waals surface area (Å²) in [6.45, 7) is 8.14. The Labute approximate surface area is 176 Å². The molecule has 0 unspecified atom stereocenters. The topological polar surface area (TPSA) is 59.4 Å². The van der Waals surface area contributed by atoms with Gasteiger partial charge in [-0.2, -0.15) is 0 Å². The van der Waals surface area contributed by atoms with Crippen LogP contribution in [0, 0.1) is 0 Å². The summed E-state index contributed by atoms with van der Waals surface area (Å²) in [6.07, 6.45) is 0. The highest BCUT2D eigenvalue weighted by Crippen LogP contribution is 2.20. The van der Waals surface area contributed by atoms with Crippen LogP contribution in [0.4, 0.5) is 0 Å². The summed E-state index contributed by atoms with van der Waals surface area (Å²) in [5, 5.41) is 3.67. The minimum Gasteiger partial charge on any atom is -0.486 e. The Morgan fingerprint density at radius 3 is 2.59 bits per heavy atom. The molecule has 0 aliphatic heterocycles. The monoisotopic (exact) mass is 414 g/mol. The Bertz CT molecular complexity index is 936. The number of ether oxygens (including phenoxy) is 1.